The Morgan fingerprint density at radius 2 is 2.06 bits per heavy atom. The molecule has 0 saturated carbocycles. The Labute approximate surface area is 103 Å². The summed E-state index contributed by atoms with van der Waals surface area (Å²) in [6.45, 7) is 0.604. The lowest BCUT2D eigenvalue weighted by Gasteiger charge is -1.99. The van der Waals surface area contributed by atoms with Gasteiger partial charge in [-0.15, -0.1) is 0 Å². The summed E-state index contributed by atoms with van der Waals surface area (Å²) in [5, 5.41) is 0. The van der Waals surface area contributed by atoms with Crippen LogP contribution in [0.3, 0.4) is 0 Å². The summed E-state index contributed by atoms with van der Waals surface area (Å²) in [4.78, 5) is 8.57. The third-order valence-electron chi connectivity index (χ3n) is 2.44. The predicted molar refractivity (Wildman–Crippen MR) is 66.9 cm³/mol. The van der Waals surface area contributed by atoms with Gasteiger partial charge in [-0.2, -0.15) is 0 Å². The number of halogens is 1. The first-order chi connectivity index (χ1) is 7.74. The average Bonchev–Trinajstić information content (AvgIpc) is 2.59. The van der Waals surface area contributed by atoms with Gasteiger partial charge >= 0.3 is 0 Å². The second kappa shape index (κ2) is 4.76. The van der Waals surface area contributed by atoms with Crippen LogP contribution >= 0.6 is 15.9 Å². The van der Waals surface area contributed by atoms with Crippen LogP contribution in [0.25, 0.3) is 11.3 Å². The third-order valence-corrected chi connectivity index (χ3v) is 3.35. The van der Waals surface area contributed by atoms with Crippen LogP contribution in [0.5, 0.6) is 0 Å². The van der Waals surface area contributed by atoms with Gasteiger partial charge in [0.05, 0.1) is 0 Å². The summed E-state index contributed by atoms with van der Waals surface area (Å²) in [5.74, 6) is 0.987. The van der Waals surface area contributed by atoms with Gasteiger partial charge in [-0.3, -0.25) is 4.98 Å². The van der Waals surface area contributed by atoms with E-state index in [4.69, 9.17) is 5.73 Å². The van der Waals surface area contributed by atoms with E-state index in [9.17, 15) is 0 Å². The molecule has 5 heteroatoms. The molecule has 16 heavy (non-hydrogen) atoms. The third kappa shape index (κ3) is 2.01. The van der Waals surface area contributed by atoms with Crippen molar-refractivity contribution in [3.63, 3.8) is 0 Å². The molecule has 0 aromatic carbocycles. The van der Waals surface area contributed by atoms with Crippen molar-refractivity contribution in [2.24, 2.45) is 12.8 Å². The number of aromatic nitrogens is 3. The van der Waals surface area contributed by atoms with Gasteiger partial charge in [0.25, 0.3) is 0 Å². The molecule has 0 fully saturated rings. The van der Waals surface area contributed by atoms with Crippen molar-refractivity contribution in [1.82, 2.24) is 14.5 Å². The van der Waals surface area contributed by atoms with Crippen molar-refractivity contribution in [1.29, 1.82) is 0 Å². The largest absolute Gasteiger partial charge is 0.330 e. The normalized spacial score (nSPS) is 10.7. The lowest BCUT2D eigenvalue weighted by Crippen LogP contribution is -2.07. The molecule has 0 radical (unpaired) electrons. The van der Waals surface area contributed by atoms with Gasteiger partial charge in [-0.1, -0.05) is 0 Å². The van der Waals surface area contributed by atoms with E-state index in [1.165, 1.54) is 0 Å². The van der Waals surface area contributed by atoms with Crippen molar-refractivity contribution in [3.05, 3.63) is 35.0 Å². The minimum absolute atomic E-state index is 0.604. The molecule has 0 bridgehead atoms. The second-order valence-corrected chi connectivity index (χ2v) is 4.25. The van der Waals surface area contributed by atoms with E-state index >= 15 is 0 Å². The monoisotopic (exact) mass is 280 g/mol. The van der Waals surface area contributed by atoms with E-state index in [1.54, 1.807) is 12.4 Å². The number of imidazole rings is 1. The minimum Gasteiger partial charge on any atom is -0.330 e. The maximum Gasteiger partial charge on any atom is 0.112 e. The van der Waals surface area contributed by atoms with Crippen molar-refractivity contribution >= 4 is 15.9 Å². The van der Waals surface area contributed by atoms with E-state index in [1.807, 2.05) is 23.7 Å². The summed E-state index contributed by atoms with van der Waals surface area (Å²) in [7, 11) is 1.98. The van der Waals surface area contributed by atoms with Gasteiger partial charge in [0.2, 0.25) is 0 Å². The fourth-order valence-corrected chi connectivity index (χ4v) is 2.09. The lowest BCUT2D eigenvalue weighted by molar-refractivity contribution is 0.767. The van der Waals surface area contributed by atoms with Gasteiger partial charge in [0.1, 0.15) is 16.1 Å². The Hall–Kier alpha value is -1.20. The molecule has 0 unspecified atom stereocenters. The zero-order valence-electron chi connectivity index (χ0n) is 9.02. The Morgan fingerprint density at radius 3 is 2.69 bits per heavy atom. The summed E-state index contributed by atoms with van der Waals surface area (Å²) in [6.07, 6.45) is 4.30. The molecule has 2 aromatic rings. The van der Waals surface area contributed by atoms with E-state index in [0.29, 0.717) is 6.54 Å². The number of nitrogens with two attached hydrogens (primary N) is 1. The van der Waals surface area contributed by atoms with Gasteiger partial charge < -0.3 is 10.3 Å². The van der Waals surface area contributed by atoms with Gasteiger partial charge in [-0.05, 0) is 34.6 Å². The minimum atomic E-state index is 0.604. The number of hydrogen-bond acceptors (Lipinski definition) is 3. The highest BCUT2D eigenvalue weighted by atomic mass is 79.9. The molecule has 0 aliphatic heterocycles. The van der Waals surface area contributed by atoms with Crippen LogP contribution in [0, 0.1) is 0 Å². The SMILES string of the molecule is Cn1c(CCN)nc(-c2ccncc2)c1Br. The van der Waals surface area contributed by atoms with Crippen molar-refractivity contribution in [2.75, 3.05) is 6.54 Å². The van der Waals surface area contributed by atoms with Crippen LogP contribution in [-0.4, -0.2) is 21.1 Å². The number of pyridine rings is 1. The molecule has 2 aromatic heterocycles. The zero-order valence-corrected chi connectivity index (χ0v) is 10.6. The summed E-state index contributed by atoms with van der Waals surface area (Å²) >= 11 is 3.55. The highest BCUT2D eigenvalue weighted by Crippen LogP contribution is 2.27. The molecule has 0 saturated heterocycles. The quantitative estimate of drug-likeness (QED) is 0.932. The summed E-state index contributed by atoms with van der Waals surface area (Å²) in [5.41, 5.74) is 7.54. The molecule has 0 aliphatic rings. The molecule has 0 atom stereocenters. The molecule has 2 N–H and O–H groups in total. The Kier molecular flexibility index (Phi) is 3.36. The standard InChI is InChI=1S/C11H13BrN4/c1-16-9(2-5-13)15-10(11(16)12)8-3-6-14-7-4-8/h3-4,6-7H,2,5,13H2,1H3. The van der Waals surface area contributed by atoms with E-state index in [2.05, 4.69) is 25.9 Å². The van der Waals surface area contributed by atoms with E-state index in [0.717, 1.165) is 28.1 Å². The Balaban J connectivity index is 2.46. The highest BCUT2D eigenvalue weighted by Gasteiger charge is 2.13. The lowest BCUT2D eigenvalue weighted by atomic mass is 10.2. The van der Waals surface area contributed by atoms with Crippen LogP contribution in [0.2, 0.25) is 0 Å². The van der Waals surface area contributed by atoms with Crippen LogP contribution in [0.4, 0.5) is 0 Å². The predicted octanol–water partition coefficient (Wildman–Crippen LogP) is 1.75. The average molecular weight is 281 g/mol. The molecule has 4 nitrogen and oxygen atoms in total. The topological polar surface area (TPSA) is 56.7 Å². The Bertz CT molecular complexity index is 478. The first kappa shape index (κ1) is 11.3. The molecular formula is C11H13BrN4. The molecule has 0 amide bonds. The fourth-order valence-electron chi connectivity index (χ4n) is 1.57. The molecule has 2 heterocycles. The van der Waals surface area contributed by atoms with Crippen LogP contribution in [0.15, 0.2) is 29.1 Å². The molecule has 84 valence electrons. The number of nitrogens with zero attached hydrogens (tertiary/aromatic N) is 3. The highest BCUT2D eigenvalue weighted by molar-refractivity contribution is 9.10. The van der Waals surface area contributed by atoms with Crippen molar-refractivity contribution < 1.29 is 0 Å². The van der Waals surface area contributed by atoms with Crippen molar-refractivity contribution in [2.45, 2.75) is 6.42 Å². The maximum absolute atomic E-state index is 5.55. The van der Waals surface area contributed by atoms with Crippen LogP contribution < -0.4 is 5.73 Å². The van der Waals surface area contributed by atoms with Crippen LogP contribution in [0.1, 0.15) is 5.82 Å². The zero-order chi connectivity index (χ0) is 11.5. The number of hydrogen-bond donors (Lipinski definition) is 1. The van der Waals surface area contributed by atoms with Gasteiger partial charge in [0, 0.05) is 31.4 Å². The smallest absolute Gasteiger partial charge is 0.112 e. The molecule has 0 spiro atoms. The fraction of sp³-hybridized carbons (Fsp3) is 0.273. The first-order valence-corrected chi connectivity index (χ1v) is 5.85. The number of rotatable bonds is 3. The van der Waals surface area contributed by atoms with Gasteiger partial charge in [-0.25, -0.2) is 4.98 Å². The molecular weight excluding hydrogens is 268 g/mol. The maximum atomic E-state index is 5.55. The second-order valence-electron chi connectivity index (χ2n) is 3.50. The summed E-state index contributed by atoms with van der Waals surface area (Å²) in [6, 6.07) is 3.89. The first-order valence-electron chi connectivity index (χ1n) is 5.05. The van der Waals surface area contributed by atoms with Gasteiger partial charge in [0.15, 0.2) is 0 Å². The van der Waals surface area contributed by atoms with E-state index in [-0.39, 0.29) is 0 Å². The van der Waals surface area contributed by atoms with Crippen LogP contribution in [-0.2, 0) is 13.5 Å². The van der Waals surface area contributed by atoms with E-state index < -0.39 is 0 Å². The summed E-state index contributed by atoms with van der Waals surface area (Å²) < 4.78 is 2.99. The molecule has 2 rings (SSSR count). The van der Waals surface area contributed by atoms with Crippen molar-refractivity contribution in [3.8, 4) is 11.3 Å². The molecule has 0 aliphatic carbocycles. The Morgan fingerprint density at radius 1 is 1.38 bits per heavy atom.